The highest BCUT2D eigenvalue weighted by molar-refractivity contribution is 8.13. The van der Waals surface area contributed by atoms with Crippen LogP contribution in [0.2, 0.25) is 0 Å². The van der Waals surface area contributed by atoms with Gasteiger partial charge in [-0.15, -0.1) is 12.6 Å². The van der Waals surface area contributed by atoms with Crippen LogP contribution in [0.4, 0.5) is 0 Å². The standard InChI is InChI=1S/C3H6N2OS2/c1-2-4-3(6,7)5-8-2/h5-7H,1H3/t3-/m0/s1. The fourth-order valence-corrected chi connectivity index (χ4v) is 1.27. The zero-order valence-electron chi connectivity index (χ0n) is 4.25. The molecule has 1 atom stereocenters. The van der Waals surface area contributed by atoms with Gasteiger partial charge in [-0.2, -0.15) is 0 Å². The lowest BCUT2D eigenvalue weighted by molar-refractivity contribution is 0.146. The van der Waals surface area contributed by atoms with E-state index in [0.29, 0.717) is 0 Å². The van der Waals surface area contributed by atoms with E-state index in [-0.39, 0.29) is 0 Å². The number of aliphatic imine (C=N–C) groups is 1. The van der Waals surface area contributed by atoms with Crippen molar-refractivity contribution in [3.63, 3.8) is 0 Å². The number of aliphatic hydroxyl groups is 1. The van der Waals surface area contributed by atoms with E-state index in [1.807, 2.05) is 0 Å². The molecule has 0 unspecified atom stereocenters. The summed E-state index contributed by atoms with van der Waals surface area (Å²) in [6.07, 6.45) is 0. The number of nitrogens with one attached hydrogen (secondary N) is 1. The summed E-state index contributed by atoms with van der Waals surface area (Å²) in [6.45, 7) is 1.80. The Morgan fingerprint density at radius 3 is 2.75 bits per heavy atom. The summed E-state index contributed by atoms with van der Waals surface area (Å²) in [5.74, 6) is 0. The normalized spacial score (nSPS) is 37.6. The first-order chi connectivity index (χ1) is 3.60. The molecular weight excluding hydrogens is 144 g/mol. The molecule has 46 valence electrons. The van der Waals surface area contributed by atoms with Crippen LogP contribution in [0.15, 0.2) is 4.99 Å². The molecule has 0 aromatic carbocycles. The summed E-state index contributed by atoms with van der Waals surface area (Å²) in [7, 11) is 0. The summed E-state index contributed by atoms with van der Waals surface area (Å²) < 4.78 is 2.58. The second-order valence-corrected chi connectivity index (χ2v) is 3.09. The number of nitrogens with zero attached hydrogens (tertiary/aromatic N) is 1. The molecule has 0 radical (unpaired) electrons. The van der Waals surface area contributed by atoms with Crippen LogP contribution in [0, 0.1) is 0 Å². The predicted octanol–water partition coefficient (Wildman–Crippen LogP) is 0.190. The van der Waals surface area contributed by atoms with Gasteiger partial charge in [0.05, 0.1) is 5.04 Å². The van der Waals surface area contributed by atoms with Crippen LogP contribution in [-0.2, 0) is 0 Å². The van der Waals surface area contributed by atoms with Crippen molar-refractivity contribution in [3.8, 4) is 0 Å². The van der Waals surface area contributed by atoms with E-state index >= 15 is 0 Å². The molecule has 5 heteroatoms. The van der Waals surface area contributed by atoms with Crippen molar-refractivity contribution in [2.45, 2.75) is 12.1 Å². The lowest BCUT2D eigenvalue weighted by atomic mass is 10.8. The maximum atomic E-state index is 8.91. The van der Waals surface area contributed by atoms with Crippen LogP contribution in [-0.4, -0.2) is 15.3 Å². The second-order valence-electron chi connectivity index (χ2n) is 1.47. The molecule has 0 bridgehead atoms. The average molecular weight is 150 g/mol. The molecule has 0 fully saturated rings. The summed E-state index contributed by atoms with van der Waals surface area (Å²) >= 11 is 5.02. The highest BCUT2D eigenvalue weighted by atomic mass is 32.2. The van der Waals surface area contributed by atoms with Gasteiger partial charge in [-0.25, -0.2) is 9.71 Å². The maximum absolute atomic E-state index is 8.91. The van der Waals surface area contributed by atoms with Gasteiger partial charge in [0.25, 0.3) is 5.18 Å². The minimum atomic E-state index is -1.34. The maximum Gasteiger partial charge on any atom is 0.271 e. The second kappa shape index (κ2) is 1.91. The van der Waals surface area contributed by atoms with Gasteiger partial charge >= 0.3 is 0 Å². The van der Waals surface area contributed by atoms with E-state index in [4.69, 9.17) is 5.11 Å². The van der Waals surface area contributed by atoms with Crippen LogP contribution in [0.3, 0.4) is 0 Å². The average Bonchev–Trinajstić information content (AvgIpc) is 1.82. The molecule has 0 aliphatic carbocycles. The van der Waals surface area contributed by atoms with Gasteiger partial charge in [0, 0.05) is 0 Å². The van der Waals surface area contributed by atoms with E-state index < -0.39 is 5.18 Å². The summed E-state index contributed by atoms with van der Waals surface area (Å²) in [4.78, 5) is 3.71. The van der Waals surface area contributed by atoms with Crippen molar-refractivity contribution in [2.24, 2.45) is 4.99 Å². The molecule has 0 spiro atoms. The molecule has 0 saturated carbocycles. The molecule has 0 aromatic rings. The highest BCUT2D eigenvalue weighted by Crippen LogP contribution is 2.21. The van der Waals surface area contributed by atoms with Crippen LogP contribution in [0.1, 0.15) is 6.92 Å². The van der Waals surface area contributed by atoms with Crippen molar-refractivity contribution in [1.82, 2.24) is 4.72 Å². The zero-order valence-corrected chi connectivity index (χ0v) is 5.96. The van der Waals surface area contributed by atoms with Crippen LogP contribution < -0.4 is 4.72 Å². The topological polar surface area (TPSA) is 44.6 Å². The van der Waals surface area contributed by atoms with Crippen LogP contribution >= 0.6 is 24.6 Å². The van der Waals surface area contributed by atoms with Crippen molar-refractivity contribution in [1.29, 1.82) is 0 Å². The van der Waals surface area contributed by atoms with Crippen LogP contribution in [0.25, 0.3) is 0 Å². The van der Waals surface area contributed by atoms with Gasteiger partial charge in [0.15, 0.2) is 0 Å². The van der Waals surface area contributed by atoms with Gasteiger partial charge in [-0.1, -0.05) is 0 Å². The Labute approximate surface area is 57.1 Å². The van der Waals surface area contributed by atoms with Crippen LogP contribution in [0.5, 0.6) is 0 Å². The van der Waals surface area contributed by atoms with Gasteiger partial charge in [-0.3, -0.25) is 0 Å². The number of thiol groups is 1. The van der Waals surface area contributed by atoms with E-state index in [2.05, 4.69) is 22.3 Å². The quantitative estimate of drug-likeness (QED) is 0.262. The van der Waals surface area contributed by atoms with E-state index in [1.165, 1.54) is 11.9 Å². The minimum absolute atomic E-state index is 0.794. The van der Waals surface area contributed by atoms with Crippen molar-refractivity contribution < 1.29 is 5.11 Å². The van der Waals surface area contributed by atoms with Gasteiger partial charge in [-0.05, 0) is 18.9 Å². The number of hydrogen-bond donors (Lipinski definition) is 3. The fourth-order valence-electron chi connectivity index (χ4n) is 0.408. The summed E-state index contributed by atoms with van der Waals surface area (Å²) in [5, 5.41) is 8.37. The molecule has 8 heavy (non-hydrogen) atoms. The van der Waals surface area contributed by atoms with E-state index in [0.717, 1.165) is 5.04 Å². The molecule has 0 aromatic heterocycles. The lowest BCUT2D eigenvalue weighted by Crippen LogP contribution is -2.27. The van der Waals surface area contributed by atoms with E-state index in [1.54, 1.807) is 6.92 Å². The highest BCUT2D eigenvalue weighted by Gasteiger charge is 2.25. The first-order valence-electron chi connectivity index (χ1n) is 2.05. The minimum Gasteiger partial charge on any atom is -0.348 e. The molecule has 1 aliphatic rings. The summed E-state index contributed by atoms with van der Waals surface area (Å²) in [5.41, 5.74) is 0. The lowest BCUT2D eigenvalue weighted by Gasteiger charge is -2.07. The molecular formula is C3H6N2OS2. The molecule has 0 amide bonds. The van der Waals surface area contributed by atoms with Gasteiger partial charge in [0.1, 0.15) is 0 Å². The number of rotatable bonds is 0. The van der Waals surface area contributed by atoms with Crippen molar-refractivity contribution in [2.75, 3.05) is 0 Å². The number of hydrogen-bond acceptors (Lipinski definition) is 5. The summed E-state index contributed by atoms with van der Waals surface area (Å²) in [6, 6.07) is 0. The molecule has 1 heterocycles. The Morgan fingerprint density at radius 1 is 2.00 bits per heavy atom. The fraction of sp³-hybridized carbons (Fsp3) is 0.667. The Morgan fingerprint density at radius 2 is 2.62 bits per heavy atom. The van der Waals surface area contributed by atoms with Crippen molar-refractivity contribution in [3.05, 3.63) is 0 Å². The zero-order chi connectivity index (χ0) is 6.20. The molecule has 1 rings (SSSR count). The molecule has 2 N–H and O–H groups in total. The SMILES string of the molecule is CC1=N[C@](O)(S)NS1. The molecule has 1 aliphatic heterocycles. The monoisotopic (exact) mass is 150 g/mol. The Balaban J connectivity index is 2.67. The molecule has 3 nitrogen and oxygen atoms in total. The van der Waals surface area contributed by atoms with Gasteiger partial charge in [0.2, 0.25) is 0 Å². The Bertz CT molecular complexity index is 133. The smallest absolute Gasteiger partial charge is 0.271 e. The Kier molecular flexibility index (Phi) is 1.53. The van der Waals surface area contributed by atoms with Crippen molar-refractivity contribution >= 4 is 29.6 Å². The first-order valence-corrected chi connectivity index (χ1v) is 3.32. The third kappa shape index (κ3) is 1.38. The molecule has 0 saturated heterocycles. The Hall–Kier alpha value is 0.290. The third-order valence-electron chi connectivity index (χ3n) is 0.649. The predicted molar refractivity (Wildman–Crippen MR) is 37.8 cm³/mol. The third-order valence-corrected chi connectivity index (χ3v) is 1.79. The largest absolute Gasteiger partial charge is 0.348 e. The van der Waals surface area contributed by atoms with E-state index in [9.17, 15) is 0 Å². The van der Waals surface area contributed by atoms with Gasteiger partial charge < -0.3 is 5.11 Å². The first kappa shape index (κ1) is 6.41.